The zero-order valence-corrected chi connectivity index (χ0v) is 18.4. The Morgan fingerprint density at radius 2 is 1.89 bits per heavy atom. The molecule has 0 amide bonds. The van der Waals surface area contributed by atoms with Gasteiger partial charge in [-0.3, -0.25) is 9.89 Å². The molecule has 2 N–H and O–H groups in total. The normalized spacial score (nSPS) is 13.6. The summed E-state index contributed by atoms with van der Waals surface area (Å²) in [5.74, 6) is 1.41. The molecule has 0 aliphatic carbocycles. The van der Waals surface area contributed by atoms with Crippen molar-refractivity contribution < 1.29 is 13.5 Å². The maximum atomic E-state index is 13.6. The Morgan fingerprint density at radius 3 is 2.48 bits per heavy atom. The van der Waals surface area contributed by atoms with Crippen LogP contribution in [0.3, 0.4) is 0 Å². The fourth-order valence-corrected chi connectivity index (χ4v) is 2.47. The predicted octanol–water partition coefficient (Wildman–Crippen LogP) is 3.27. The maximum Gasteiger partial charge on any atom is 0.191 e. The van der Waals surface area contributed by atoms with Crippen LogP contribution in [0.4, 0.5) is 4.39 Å². The van der Waals surface area contributed by atoms with Gasteiger partial charge in [-0.15, -0.1) is 24.0 Å². The van der Waals surface area contributed by atoms with Crippen molar-refractivity contribution in [2.75, 3.05) is 34.2 Å². The van der Waals surface area contributed by atoms with Gasteiger partial charge in [-0.25, -0.2) is 4.39 Å². The van der Waals surface area contributed by atoms with Gasteiger partial charge < -0.3 is 19.8 Å². The van der Waals surface area contributed by atoms with Crippen molar-refractivity contribution in [2.24, 2.45) is 4.99 Å². The number of para-hydroxylation sites is 1. The lowest BCUT2D eigenvalue weighted by atomic mass is 10.2. The smallest absolute Gasteiger partial charge is 0.191 e. The second-order valence-electron chi connectivity index (χ2n) is 6.19. The lowest BCUT2D eigenvalue weighted by Crippen LogP contribution is -2.44. The van der Waals surface area contributed by atoms with E-state index >= 15 is 0 Å². The van der Waals surface area contributed by atoms with E-state index in [1.54, 1.807) is 31.5 Å². The molecule has 0 radical (unpaired) electrons. The molecule has 1 heterocycles. The summed E-state index contributed by atoms with van der Waals surface area (Å²) in [6.07, 6.45) is 1.45. The van der Waals surface area contributed by atoms with E-state index in [1.165, 1.54) is 6.07 Å². The number of aliphatic imine (C=N–C) groups is 1. The van der Waals surface area contributed by atoms with Crippen LogP contribution in [0.2, 0.25) is 0 Å². The first-order valence-electron chi connectivity index (χ1n) is 8.56. The number of hydrogen-bond donors (Lipinski definition) is 2. The number of benzene rings is 1. The molecule has 6 nitrogen and oxygen atoms in total. The molecular formula is C19H28FIN4O2. The van der Waals surface area contributed by atoms with Crippen molar-refractivity contribution in [3.63, 3.8) is 0 Å². The third-order valence-electron chi connectivity index (χ3n) is 3.90. The van der Waals surface area contributed by atoms with Gasteiger partial charge in [0.25, 0.3) is 0 Å². The van der Waals surface area contributed by atoms with E-state index in [1.807, 2.05) is 33.2 Å². The van der Waals surface area contributed by atoms with E-state index in [0.29, 0.717) is 19.0 Å². The molecule has 2 unspecified atom stereocenters. The van der Waals surface area contributed by atoms with Gasteiger partial charge in [-0.1, -0.05) is 12.1 Å². The Hall–Kier alpha value is -1.81. The van der Waals surface area contributed by atoms with Gasteiger partial charge in [0, 0.05) is 13.6 Å². The first kappa shape index (κ1) is 23.2. The largest absolute Gasteiger partial charge is 0.486 e. The third kappa shape index (κ3) is 7.37. The highest BCUT2D eigenvalue weighted by atomic mass is 127. The van der Waals surface area contributed by atoms with Crippen molar-refractivity contribution in [3.05, 3.63) is 54.2 Å². The second-order valence-corrected chi connectivity index (χ2v) is 6.19. The monoisotopic (exact) mass is 490 g/mol. The lowest BCUT2D eigenvalue weighted by molar-refractivity contribution is 0.213. The van der Waals surface area contributed by atoms with Crippen molar-refractivity contribution in [3.8, 4) is 5.75 Å². The molecule has 1 aromatic carbocycles. The van der Waals surface area contributed by atoms with E-state index in [0.717, 1.165) is 5.76 Å². The summed E-state index contributed by atoms with van der Waals surface area (Å²) in [4.78, 5) is 6.29. The number of hydrogen-bond acceptors (Lipinski definition) is 4. The SMILES string of the molecule is CN=C(NCC(C)Oc1ccccc1F)NCC(c1ccco1)N(C)C.I. The van der Waals surface area contributed by atoms with Crippen molar-refractivity contribution >= 4 is 29.9 Å². The van der Waals surface area contributed by atoms with E-state index in [2.05, 4.69) is 20.5 Å². The predicted molar refractivity (Wildman–Crippen MR) is 116 cm³/mol. The molecule has 0 aliphatic rings. The van der Waals surface area contributed by atoms with Crippen LogP contribution in [0.1, 0.15) is 18.7 Å². The van der Waals surface area contributed by atoms with E-state index in [9.17, 15) is 4.39 Å². The Morgan fingerprint density at radius 1 is 1.19 bits per heavy atom. The summed E-state index contributed by atoms with van der Waals surface area (Å²) in [6, 6.07) is 10.3. The second kappa shape index (κ2) is 11.8. The van der Waals surface area contributed by atoms with Gasteiger partial charge in [0.05, 0.1) is 18.8 Å². The minimum Gasteiger partial charge on any atom is -0.486 e. The molecule has 0 spiro atoms. The molecule has 150 valence electrons. The van der Waals surface area contributed by atoms with Gasteiger partial charge in [0.2, 0.25) is 0 Å². The molecule has 0 bridgehead atoms. The fourth-order valence-electron chi connectivity index (χ4n) is 2.47. The topological polar surface area (TPSA) is 62.0 Å². The molecule has 0 saturated heterocycles. The first-order chi connectivity index (χ1) is 12.5. The van der Waals surface area contributed by atoms with Crippen LogP contribution < -0.4 is 15.4 Å². The molecule has 0 aliphatic heterocycles. The van der Waals surface area contributed by atoms with Crippen LogP contribution >= 0.6 is 24.0 Å². The van der Waals surface area contributed by atoms with E-state index in [4.69, 9.17) is 9.15 Å². The maximum absolute atomic E-state index is 13.6. The van der Waals surface area contributed by atoms with Crippen molar-refractivity contribution in [1.82, 2.24) is 15.5 Å². The van der Waals surface area contributed by atoms with Gasteiger partial charge in [-0.2, -0.15) is 0 Å². The Bertz CT molecular complexity index is 695. The number of likely N-dealkylation sites (N-methyl/N-ethyl adjacent to an activating group) is 1. The van der Waals surface area contributed by atoms with Crippen molar-refractivity contribution in [1.29, 1.82) is 0 Å². The van der Waals surface area contributed by atoms with E-state index < -0.39 is 0 Å². The number of ether oxygens (including phenoxy) is 1. The summed E-state index contributed by atoms with van der Waals surface area (Å²) in [5, 5.41) is 6.47. The van der Waals surface area contributed by atoms with Gasteiger partial charge >= 0.3 is 0 Å². The lowest BCUT2D eigenvalue weighted by Gasteiger charge is -2.24. The highest BCUT2D eigenvalue weighted by molar-refractivity contribution is 14.0. The summed E-state index contributed by atoms with van der Waals surface area (Å²) >= 11 is 0. The average molecular weight is 490 g/mol. The molecule has 0 fully saturated rings. The van der Waals surface area contributed by atoms with Gasteiger partial charge in [0.1, 0.15) is 11.9 Å². The highest BCUT2D eigenvalue weighted by Crippen LogP contribution is 2.18. The van der Waals surface area contributed by atoms with Gasteiger partial charge in [-0.05, 0) is 45.3 Å². The van der Waals surface area contributed by atoms with Gasteiger partial charge in [0.15, 0.2) is 17.5 Å². The molecule has 1 aromatic heterocycles. The zero-order chi connectivity index (χ0) is 18.9. The number of nitrogens with one attached hydrogen (secondary N) is 2. The van der Waals surface area contributed by atoms with Crippen LogP contribution in [-0.4, -0.2) is 51.2 Å². The molecule has 27 heavy (non-hydrogen) atoms. The minimum absolute atomic E-state index is 0. The number of rotatable bonds is 8. The molecular weight excluding hydrogens is 462 g/mol. The third-order valence-corrected chi connectivity index (χ3v) is 3.90. The molecule has 2 rings (SSSR count). The minimum atomic E-state index is -0.367. The average Bonchev–Trinajstić information content (AvgIpc) is 3.14. The quantitative estimate of drug-likeness (QED) is 0.338. The summed E-state index contributed by atoms with van der Waals surface area (Å²) < 4.78 is 24.8. The van der Waals surface area contributed by atoms with Crippen LogP contribution in [0.15, 0.2) is 52.1 Å². The van der Waals surface area contributed by atoms with Crippen LogP contribution in [0.25, 0.3) is 0 Å². The first-order valence-corrected chi connectivity index (χ1v) is 8.56. The van der Waals surface area contributed by atoms with Crippen molar-refractivity contribution in [2.45, 2.75) is 19.1 Å². The Kier molecular flexibility index (Phi) is 10.2. The highest BCUT2D eigenvalue weighted by Gasteiger charge is 2.17. The van der Waals surface area contributed by atoms with Crippen LogP contribution in [0.5, 0.6) is 5.75 Å². The molecule has 2 aromatic rings. The number of nitrogens with zero attached hydrogens (tertiary/aromatic N) is 2. The Balaban J connectivity index is 0.00000364. The number of halogens is 2. The molecule has 8 heteroatoms. The van der Waals surface area contributed by atoms with Crippen LogP contribution in [0, 0.1) is 5.82 Å². The van der Waals surface area contributed by atoms with Crippen LogP contribution in [-0.2, 0) is 0 Å². The van der Waals surface area contributed by atoms with E-state index in [-0.39, 0.29) is 47.7 Å². The Labute approximate surface area is 177 Å². The number of furan rings is 1. The summed E-state index contributed by atoms with van der Waals surface area (Å²) in [6.45, 7) is 2.99. The molecule has 2 atom stereocenters. The summed E-state index contributed by atoms with van der Waals surface area (Å²) in [5.41, 5.74) is 0. The fraction of sp³-hybridized carbons (Fsp3) is 0.421. The standard InChI is InChI=1S/C19H27FN4O2.HI/c1-14(26-17-9-6-5-8-15(17)20)12-22-19(21-2)23-13-16(24(3)4)18-10-7-11-25-18;/h5-11,14,16H,12-13H2,1-4H3,(H2,21,22,23);1H. The molecule has 0 saturated carbocycles. The number of guanidine groups is 1. The zero-order valence-electron chi connectivity index (χ0n) is 16.1. The summed E-state index contributed by atoms with van der Waals surface area (Å²) in [7, 11) is 5.69.